The smallest absolute Gasteiger partial charge is 0.118 e. The fourth-order valence-corrected chi connectivity index (χ4v) is 2.13. The van der Waals surface area contributed by atoms with Crippen LogP contribution in [-0.4, -0.2) is 16.9 Å². The van der Waals surface area contributed by atoms with Gasteiger partial charge in [0, 0.05) is 30.9 Å². The van der Waals surface area contributed by atoms with Crippen molar-refractivity contribution in [3.8, 4) is 5.75 Å². The molecule has 108 valence electrons. The van der Waals surface area contributed by atoms with E-state index >= 15 is 0 Å². The summed E-state index contributed by atoms with van der Waals surface area (Å²) in [4.78, 5) is 0. The van der Waals surface area contributed by atoms with E-state index in [2.05, 4.69) is 42.6 Å². The van der Waals surface area contributed by atoms with E-state index in [0.717, 1.165) is 25.3 Å². The summed E-state index contributed by atoms with van der Waals surface area (Å²) >= 11 is 0. The van der Waals surface area contributed by atoms with E-state index in [1.165, 1.54) is 11.1 Å². The summed E-state index contributed by atoms with van der Waals surface area (Å²) in [5, 5.41) is 7.85. The summed E-state index contributed by atoms with van der Waals surface area (Å²) in [5.74, 6) is 0.891. The molecule has 1 heterocycles. The van der Waals surface area contributed by atoms with Crippen LogP contribution in [-0.2, 0) is 13.1 Å². The molecule has 1 atom stereocenters. The number of methoxy groups -OCH3 is 1. The first kappa shape index (κ1) is 14.6. The monoisotopic (exact) mass is 273 g/mol. The van der Waals surface area contributed by atoms with Gasteiger partial charge in [0.15, 0.2) is 0 Å². The molecule has 20 heavy (non-hydrogen) atoms. The molecule has 0 fully saturated rings. The van der Waals surface area contributed by atoms with E-state index in [4.69, 9.17) is 4.74 Å². The predicted molar refractivity (Wildman–Crippen MR) is 80.8 cm³/mol. The normalized spacial score (nSPS) is 12.3. The standard InChI is InChI=1S/C16H23N3O/c1-4-9-19-12-14(11-18-19)10-17-13(2)15-5-7-16(20-3)8-6-15/h5-8,11-13,17H,4,9-10H2,1-3H3/t13-/m0/s1. The maximum atomic E-state index is 5.17. The van der Waals surface area contributed by atoms with E-state index in [0.29, 0.717) is 6.04 Å². The molecule has 0 aliphatic heterocycles. The van der Waals surface area contributed by atoms with Crippen molar-refractivity contribution >= 4 is 0 Å². The zero-order valence-corrected chi connectivity index (χ0v) is 12.5. The Morgan fingerprint density at radius 3 is 2.70 bits per heavy atom. The fourth-order valence-electron chi connectivity index (χ4n) is 2.13. The van der Waals surface area contributed by atoms with Gasteiger partial charge in [0.2, 0.25) is 0 Å². The van der Waals surface area contributed by atoms with Crippen molar-refractivity contribution < 1.29 is 4.74 Å². The molecule has 0 saturated carbocycles. The lowest BCUT2D eigenvalue weighted by atomic mass is 10.1. The van der Waals surface area contributed by atoms with Crippen molar-refractivity contribution in [1.29, 1.82) is 0 Å². The first-order chi connectivity index (χ1) is 9.72. The van der Waals surface area contributed by atoms with Crippen LogP contribution in [0.1, 0.15) is 37.4 Å². The van der Waals surface area contributed by atoms with E-state index in [-0.39, 0.29) is 0 Å². The van der Waals surface area contributed by atoms with Crippen LogP contribution in [0, 0.1) is 0 Å². The number of hydrogen-bond acceptors (Lipinski definition) is 3. The van der Waals surface area contributed by atoms with E-state index in [1.807, 2.05) is 23.0 Å². The van der Waals surface area contributed by atoms with Crippen LogP contribution >= 0.6 is 0 Å². The second kappa shape index (κ2) is 7.10. The highest BCUT2D eigenvalue weighted by Gasteiger charge is 2.06. The van der Waals surface area contributed by atoms with Gasteiger partial charge >= 0.3 is 0 Å². The van der Waals surface area contributed by atoms with E-state index in [9.17, 15) is 0 Å². The summed E-state index contributed by atoms with van der Waals surface area (Å²) in [7, 11) is 1.69. The van der Waals surface area contributed by atoms with Gasteiger partial charge in [0.05, 0.1) is 13.3 Å². The number of aryl methyl sites for hydroxylation is 1. The number of nitrogens with one attached hydrogen (secondary N) is 1. The zero-order chi connectivity index (χ0) is 14.4. The highest BCUT2D eigenvalue weighted by molar-refractivity contribution is 5.28. The Morgan fingerprint density at radius 1 is 1.30 bits per heavy atom. The summed E-state index contributed by atoms with van der Waals surface area (Å²) in [6.07, 6.45) is 5.15. The molecular weight excluding hydrogens is 250 g/mol. The third-order valence-corrected chi connectivity index (χ3v) is 3.37. The minimum absolute atomic E-state index is 0.301. The van der Waals surface area contributed by atoms with Crippen molar-refractivity contribution in [2.24, 2.45) is 0 Å². The van der Waals surface area contributed by atoms with Gasteiger partial charge in [-0.1, -0.05) is 19.1 Å². The molecule has 0 unspecified atom stereocenters. The van der Waals surface area contributed by atoms with Crippen molar-refractivity contribution in [1.82, 2.24) is 15.1 Å². The third kappa shape index (κ3) is 3.84. The highest BCUT2D eigenvalue weighted by Crippen LogP contribution is 2.17. The molecule has 2 aromatic rings. The summed E-state index contributed by atoms with van der Waals surface area (Å²) < 4.78 is 7.17. The van der Waals surface area contributed by atoms with Crippen LogP contribution in [0.25, 0.3) is 0 Å². The van der Waals surface area contributed by atoms with Crippen LogP contribution in [0.15, 0.2) is 36.7 Å². The topological polar surface area (TPSA) is 39.1 Å². The number of aromatic nitrogens is 2. The van der Waals surface area contributed by atoms with Crippen LogP contribution in [0.4, 0.5) is 0 Å². The lowest BCUT2D eigenvalue weighted by Crippen LogP contribution is -2.17. The Hall–Kier alpha value is -1.81. The minimum Gasteiger partial charge on any atom is -0.497 e. The summed E-state index contributed by atoms with van der Waals surface area (Å²) in [6, 6.07) is 8.48. The van der Waals surface area contributed by atoms with Gasteiger partial charge in [-0.25, -0.2) is 0 Å². The van der Waals surface area contributed by atoms with Gasteiger partial charge in [-0.15, -0.1) is 0 Å². The molecule has 0 aliphatic rings. The average molecular weight is 273 g/mol. The van der Waals surface area contributed by atoms with Crippen LogP contribution in [0.2, 0.25) is 0 Å². The minimum atomic E-state index is 0.301. The molecule has 1 aromatic heterocycles. The molecule has 0 amide bonds. The van der Waals surface area contributed by atoms with E-state index < -0.39 is 0 Å². The van der Waals surface area contributed by atoms with Crippen LogP contribution in [0.5, 0.6) is 5.75 Å². The molecule has 0 aliphatic carbocycles. The second-order valence-electron chi connectivity index (χ2n) is 4.99. The quantitative estimate of drug-likeness (QED) is 0.842. The highest BCUT2D eigenvalue weighted by atomic mass is 16.5. The lowest BCUT2D eigenvalue weighted by Gasteiger charge is -2.14. The van der Waals surface area contributed by atoms with Gasteiger partial charge in [0.1, 0.15) is 5.75 Å². The molecule has 2 rings (SSSR count). The molecule has 0 spiro atoms. The molecule has 4 heteroatoms. The molecular formula is C16H23N3O. The van der Waals surface area contributed by atoms with Gasteiger partial charge < -0.3 is 10.1 Å². The number of hydrogen-bond donors (Lipinski definition) is 1. The molecule has 0 saturated heterocycles. The Balaban J connectivity index is 1.88. The van der Waals surface area contributed by atoms with Crippen molar-refractivity contribution in [2.75, 3.05) is 7.11 Å². The number of benzene rings is 1. The third-order valence-electron chi connectivity index (χ3n) is 3.37. The Morgan fingerprint density at radius 2 is 2.05 bits per heavy atom. The van der Waals surface area contributed by atoms with Crippen molar-refractivity contribution in [3.63, 3.8) is 0 Å². The number of rotatable bonds is 7. The molecule has 1 N–H and O–H groups in total. The zero-order valence-electron chi connectivity index (χ0n) is 12.5. The molecule has 4 nitrogen and oxygen atoms in total. The molecule has 0 radical (unpaired) electrons. The number of nitrogens with zero attached hydrogens (tertiary/aromatic N) is 2. The van der Waals surface area contributed by atoms with Crippen LogP contribution < -0.4 is 10.1 Å². The predicted octanol–water partition coefficient (Wildman–Crippen LogP) is 3.15. The molecule has 1 aromatic carbocycles. The maximum Gasteiger partial charge on any atom is 0.118 e. The van der Waals surface area contributed by atoms with Gasteiger partial charge in [0.25, 0.3) is 0 Å². The Labute approximate surface area is 120 Å². The maximum absolute atomic E-state index is 5.17. The number of ether oxygens (including phenoxy) is 1. The molecule has 0 bridgehead atoms. The Bertz CT molecular complexity index is 519. The summed E-state index contributed by atoms with van der Waals surface area (Å²) in [6.45, 7) is 6.13. The van der Waals surface area contributed by atoms with Gasteiger partial charge in [-0.2, -0.15) is 5.10 Å². The van der Waals surface area contributed by atoms with Gasteiger partial charge in [-0.05, 0) is 31.0 Å². The SMILES string of the molecule is CCCn1cc(CN[C@@H](C)c2ccc(OC)cc2)cn1. The second-order valence-corrected chi connectivity index (χ2v) is 4.99. The van der Waals surface area contributed by atoms with Gasteiger partial charge in [-0.3, -0.25) is 4.68 Å². The average Bonchev–Trinajstić information content (AvgIpc) is 2.93. The van der Waals surface area contributed by atoms with Crippen molar-refractivity contribution in [2.45, 2.75) is 39.4 Å². The lowest BCUT2D eigenvalue weighted by molar-refractivity contribution is 0.414. The van der Waals surface area contributed by atoms with Crippen LogP contribution in [0.3, 0.4) is 0 Å². The fraction of sp³-hybridized carbons (Fsp3) is 0.438. The van der Waals surface area contributed by atoms with E-state index in [1.54, 1.807) is 7.11 Å². The Kier molecular flexibility index (Phi) is 5.18. The summed E-state index contributed by atoms with van der Waals surface area (Å²) in [5.41, 5.74) is 2.48. The first-order valence-electron chi connectivity index (χ1n) is 7.11. The van der Waals surface area contributed by atoms with Crippen molar-refractivity contribution in [3.05, 3.63) is 47.8 Å². The first-order valence-corrected chi connectivity index (χ1v) is 7.11. The largest absolute Gasteiger partial charge is 0.497 e.